The van der Waals surface area contributed by atoms with Gasteiger partial charge >= 0.3 is 0 Å². The van der Waals surface area contributed by atoms with Crippen molar-refractivity contribution in [1.82, 2.24) is 4.57 Å². The third-order valence-corrected chi connectivity index (χ3v) is 3.12. The van der Waals surface area contributed by atoms with Crippen LogP contribution in [0.1, 0.15) is 0 Å². The summed E-state index contributed by atoms with van der Waals surface area (Å²) in [5, 5.41) is 0. The van der Waals surface area contributed by atoms with E-state index in [1.165, 1.54) is 0 Å². The van der Waals surface area contributed by atoms with Crippen molar-refractivity contribution in [3.63, 3.8) is 0 Å². The summed E-state index contributed by atoms with van der Waals surface area (Å²) in [4.78, 5) is 0. The van der Waals surface area contributed by atoms with Gasteiger partial charge in [0, 0.05) is 24.3 Å². The van der Waals surface area contributed by atoms with Gasteiger partial charge in [-0.15, -0.1) is 0 Å². The fourth-order valence-electron chi connectivity index (χ4n) is 2.18. The van der Waals surface area contributed by atoms with Crippen molar-refractivity contribution >= 4 is 0 Å². The molecule has 0 spiro atoms. The molecular weight excluding hydrogens is 322 g/mol. The van der Waals surface area contributed by atoms with Crippen LogP contribution in [0.5, 0.6) is 0 Å². The van der Waals surface area contributed by atoms with Crippen LogP contribution in [0.3, 0.4) is 0 Å². The van der Waals surface area contributed by atoms with E-state index in [0.717, 1.165) is 27.9 Å². The summed E-state index contributed by atoms with van der Waals surface area (Å²) in [6.45, 7) is 0. The third kappa shape index (κ3) is 2.67. The lowest BCUT2D eigenvalue weighted by Gasteiger charge is -2.02. The molecule has 23 heavy (non-hydrogen) atoms. The Bertz CT molecular complexity index is 785. The van der Waals surface area contributed by atoms with Crippen LogP contribution in [0.2, 0.25) is 0 Å². The topological polar surface area (TPSA) is 8.81 Å². The largest absolute Gasteiger partial charge is 0.254 e. The second-order valence-corrected chi connectivity index (χ2v) is 4.66. The van der Waals surface area contributed by atoms with Crippen LogP contribution in [0.25, 0.3) is 11.4 Å². The van der Waals surface area contributed by atoms with E-state index in [-0.39, 0.29) is 0 Å². The second-order valence-electron chi connectivity index (χ2n) is 4.66. The molecule has 0 saturated heterocycles. The summed E-state index contributed by atoms with van der Waals surface area (Å²) < 4.78 is 82.4. The predicted molar refractivity (Wildman–Crippen MR) is 67.0 cm³/mol. The van der Waals surface area contributed by atoms with Crippen molar-refractivity contribution in [2.45, 2.75) is 0 Å². The molecule has 3 rings (SSSR count). The average Bonchev–Trinajstić information content (AvgIpc) is 2.85. The van der Waals surface area contributed by atoms with Gasteiger partial charge in [-0.25, -0.2) is 26.3 Å². The van der Waals surface area contributed by atoms with Gasteiger partial charge in [-0.05, 0) is 0 Å². The predicted octanol–water partition coefficient (Wildman–Crippen LogP) is 3.59. The SMILES string of the molecule is Fc1cc(F)c(-n2cc[n+](-c3c(F)cc(F)cc3F)c2)c(F)c1. The van der Waals surface area contributed by atoms with Crippen LogP contribution < -0.4 is 4.57 Å². The van der Waals surface area contributed by atoms with E-state index in [4.69, 9.17) is 0 Å². The molecule has 0 aliphatic heterocycles. The normalized spacial score (nSPS) is 11.0. The van der Waals surface area contributed by atoms with Crippen molar-refractivity contribution in [2.75, 3.05) is 0 Å². The summed E-state index contributed by atoms with van der Waals surface area (Å²) in [6.07, 6.45) is 3.20. The first kappa shape index (κ1) is 15.1. The van der Waals surface area contributed by atoms with Crippen LogP contribution >= 0.6 is 0 Å². The number of benzene rings is 2. The average molecular weight is 329 g/mol. The minimum Gasteiger partial charge on any atom is -0.207 e. The Kier molecular flexibility index (Phi) is 3.59. The summed E-state index contributed by atoms with van der Waals surface area (Å²) in [5.41, 5.74) is -1.24. The van der Waals surface area contributed by atoms with Gasteiger partial charge in [0.15, 0.2) is 23.3 Å². The van der Waals surface area contributed by atoms with Crippen molar-refractivity contribution in [3.8, 4) is 11.4 Å². The molecule has 2 nitrogen and oxygen atoms in total. The maximum atomic E-state index is 13.7. The molecule has 1 heterocycles. The molecule has 0 N–H and O–H groups in total. The van der Waals surface area contributed by atoms with E-state index in [9.17, 15) is 26.3 Å². The number of aromatic nitrogens is 2. The van der Waals surface area contributed by atoms with Crippen LogP contribution in [0, 0.1) is 34.9 Å². The Labute approximate surface area is 125 Å². The highest BCUT2D eigenvalue weighted by Crippen LogP contribution is 2.20. The highest BCUT2D eigenvalue weighted by Gasteiger charge is 2.23. The molecule has 8 heteroatoms. The molecule has 2 aromatic carbocycles. The monoisotopic (exact) mass is 329 g/mol. The first-order valence-corrected chi connectivity index (χ1v) is 6.26. The van der Waals surface area contributed by atoms with E-state index in [2.05, 4.69) is 0 Å². The minimum absolute atomic E-state index is 0.474. The number of nitrogens with zero attached hydrogens (tertiary/aromatic N) is 2. The lowest BCUT2D eigenvalue weighted by atomic mass is 10.2. The van der Waals surface area contributed by atoms with Gasteiger partial charge in [-0.2, -0.15) is 9.13 Å². The molecule has 0 atom stereocenters. The van der Waals surface area contributed by atoms with Gasteiger partial charge in [0.25, 0.3) is 6.33 Å². The summed E-state index contributed by atoms with van der Waals surface area (Å²) >= 11 is 0. The number of imidazole rings is 1. The number of rotatable bonds is 2. The van der Waals surface area contributed by atoms with Gasteiger partial charge in [0.1, 0.15) is 24.0 Å². The molecular formula is C15H7F6N2+. The molecule has 0 aliphatic rings. The van der Waals surface area contributed by atoms with Gasteiger partial charge in [0.2, 0.25) is 11.4 Å². The molecule has 0 bridgehead atoms. The molecule has 0 amide bonds. The van der Waals surface area contributed by atoms with Crippen molar-refractivity contribution in [3.05, 3.63) is 77.9 Å². The van der Waals surface area contributed by atoms with E-state index < -0.39 is 46.3 Å². The number of hydrogen-bond donors (Lipinski definition) is 0. The summed E-state index contributed by atoms with van der Waals surface area (Å²) in [7, 11) is 0. The van der Waals surface area contributed by atoms with Crippen molar-refractivity contribution in [2.24, 2.45) is 0 Å². The maximum absolute atomic E-state index is 13.7. The molecule has 3 aromatic rings. The maximum Gasteiger partial charge on any atom is 0.254 e. The van der Waals surface area contributed by atoms with Crippen LogP contribution in [0.15, 0.2) is 43.0 Å². The van der Waals surface area contributed by atoms with Crippen LogP contribution in [-0.2, 0) is 0 Å². The highest BCUT2D eigenvalue weighted by atomic mass is 19.2. The van der Waals surface area contributed by atoms with Gasteiger partial charge in [0.05, 0.1) is 0 Å². The molecule has 0 fully saturated rings. The Hall–Kier alpha value is -2.77. The molecule has 0 unspecified atom stereocenters. The molecule has 0 aliphatic carbocycles. The van der Waals surface area contributed by atoms with Crippen molar-refractivity contribution in [1.29, 1.82) is 0 Å². The van der Waals surface area contributed by atoms with E-state index >= 15 is 0 Å². The van der Waals surface area contributed by atoms with Gasteiger partial charge < -0.3 is 0 Å². The molecule has 1 aromatic heterocycles. The third-order valence-electron chi connectivity index (χ3n) is 3.12. The number of halogens is 6. The second kappa shape index (κ2) is 5.45. The fraction of sp³-hybridized carbons (Fsp3) is 0. The standard InChI is InChI=1S/C15H7F6N2/c16-8-3-10(18)14(11(19)4-8)22-1-2-23(7-22)15-12(20)5-9(17)6-13(15)21/h1-7H/q+1. The quantitative estimate of drug-likeness (QED) is 0.502. The fourth-order valence-corrected chi connectivity index (χ4v) is 2.18. The lowest BCUT2D eigenvalue weighted by molar-refractivity contribution is -0.598. The summed E-state index contributed by atoms with van der Waals surface area (Å²) in [5.74, 6) is -6.95. The van der Waals surface area contributed by atoms with Gasteiger partial charge in [-0.1, -0.05) is 0 Å². The smallest absolute Gasteiger partial charge is 0.207 e. The van der Waals surface area contributed by atoms with Crippen LogP contribution in [-0.4, -0.2) is 4.57 Å². The zero-order valence-corrected chi connectivity index (χ0v) is 11.2. The zero-order valence-electron chi connectivity index (χ0n) is 11.2. The first-order valence-electron chi connectivity index (χ1n) is 6.26. The van der Waals surface area contributed by atoms with E-state index in [0.29, 0.717) is 24.3 Å². The number of hydrogen-bond acceptors (Lipinski definition) is 0. The van der Waals surface area contributed by atoms with Crippen LogP contribution in [0.4, 0.5) is 26.3 Å². The zero-order chi connectivity index (χ0) is 16.7. The molecule has 0 radical (unpaired) electrons. The lowest BCUT2D eigenvalue weighted by Crippen LogP contribution is -2.31. The minimum atomic E-state index is -1.19. The highest BCUT2D eigenvalue weighted by molar-refractivity contribution is 5.35. The van der Waals surface area contributed by atoms with E-state index in [1.54, 1.807) is 0 Å². The van der Waals surface area contributed by atoms with Crippen molar-refractivity contribution < 1.29 is 30.9 Å². The van der Waals surface area contributed by atoms with E-state index in [1.807, 2.05) is 0 Å². The molecule has 118 valence electrons. The summed E-state index contributed by atoms with van der Waals surface area (Å²) in [6, 6.07) is 1.90. The Morgan fingerprint density at radius 1 is 0.696 bits per heavy atom. The Morgan fingerprint density at radius 2 is 1.17 bits per heavy atom. The van der Waals surface area contributed by atoms with Gasteiger partial charge in [-0.3, -0.25) is 0 Å². The Morgan fingerprint density at radius 3 is 1.70 bits per heavy atom. The molecule has 0 saturated carbocycles. The first-order chi connectivity index (χ1) is 10.9. The Balaban J connectivity index is 2.13.